The minimum absolute atomic E-state index is 0.0446. The number of rotatable bonds is 4. The molecular weight excluding hydrogens is 432 g/mol. The van der Waals surface area contributed by atoms with Crippen LogP contribution in [0.25, 0.3) is 11.0 Å². The number of hydrogen-bond donors (Lipinski definition) is 3. The van der Waals surface area contributed by atoms with Crippen molar-refractivity contribution < 1.29 is 10.2 Å². The summed E-state index contributed by atoms with van der Waals surface area (Å²) >= 11 is 0. The van der Waals surface area contributed by atoms with Gasteiger partial charge in [-0.2, -0.15) is 0 Å². The van der Waals surface area contributed by atoms with E-state index in [1.54, 1.807) is 0 Å². The zero-order valence-corrected chi connectivity index (χ0v) is 22.3. The van der Waals surface area contributed by atoms with Crippen LogP contribution in [0.15, 0.2) is 18.2 Å². The molecule has 6 rings (SSSR count). The molecule has 1 aromatic carbocycles. The molecule has 0 saturated heterocycles. The summed E-state index contributed by atoms with van der Waals surface area (Å²) in [6, 6.07) is 6.44. The Balaban J connectivity index is 1.18. The fourth-order valence-corrected chi connectivity index (χ4v) is 10.0. The summed E-state index contributed by atoms with van der Waals surface area (Å²) in [5.41, 5.74) is 3.84. The summed E-state index contributed by atoms with van der Waals surface area (Å²) in [6.07, 6.45) is 11.0. The van der Waals surface area contributed by atoms with E-state index in [4.69, 9.17) is 4.98 Å². The van der Waals surface area contributed by atoms with Crippen LogP contribution in [0.4, 0.5) is 0 Å². The van der Waals surface area contributed by atoms with Crippen LogP contribution in [0.2, 0.25) is 0 Å². The first-order valence-corrected chi connectivity index (χ1v) is 14.5. The van der Waals surface area contributed by atoms with Crippen LogP contribution in [-0.4, -0.2) is 32.4 Å². The molecule has 10 atom stereocenters. The first kappa shape index (κ1) is 24.0. The van der Waals surface area contributed by atoms with Crippen molar-refractivity contribution in [2.75, 3.05) is 0 Å². The van der Waals surface area contributed by atoms with Crippen LogP contribution in [0.5, 0.6) is 0 Å². The lowest BCUT2D eigenvalue weighted by atomic mass is 9.43. The maximum Gasteiger partial charge on any atom is 0.107 e. The normalized spacial score (nSPS) is 44.0. The van der Waals surface area contributed by atoms with E-state index in [1.807, 2.05) is 0 Å². The van der Waals surface area contributed by atoms with Crippen LogP contribution in [0.3, 0.4) is 0 Å². The van der Waals surface area contributed by atoms with E-state index in [1.165, 1.54) is 31.2 Å². The zero-order valence-electron chi connectivity index (χ0n) is 22.3. The van der Waals surface area contributed by atoms with Gasteiger partial charge in [0.05, 0.1) is 23.2 Å². The Morgan fingerprint density at radius 3 is 2.71 bits per heavy atom. The highest BCUT2D eigenvalue weighted by Gasteiger charge is 2.63. The van der Waals surface area contributed by atoms with Crippen molar-refractivity contribution in [1.29, 1.82) is 0 Å². The number of aryl methyl sites for hydroxylation is 2. The van der Waals surface area contributed by atoms with Gasteiger partial charge in [0.15, 0.2) is 0 Å². The van der Waals surface area contributed by atoms with E-state index >= 15 is 0 Å². The van der Waals surface area contributed by atoms with Gasteiger partial charge in [-0.1, -0.05) is 26.8 Å². The minimum atomic E-state index is -0.194. The number of H-pyrrole nitrogens is 1. The van der Waals surface area contributed by atoms with E-state index in [0.717, 1.165) is 61.3 Å². The highest BCUT2D eigenvalue weighted by atomic mass is 16.3. The van der Waals surface area contributed by atoms with Gasteiger partial charge >= 0.3 is 0 Å². The fourth-order valence-electron chi connectivity index (χ4n) is 10.0. The summed E-state index contributed by atoms with van der Waals surface area (Å²) in [4.78, 5) is 8.40. The Kier molecular flexibility index (Phi) is 5.88. The molecule has 4 aliphatic rings. The predicted octanol–water partition coefficient (Wildman–Crippen LogP) is 6.43. The number of hydrogen-bond acceptors (Lipinski definition) is 3. The molecule has 4 fully saturated rings. The number of fused-ring (bicyclic) bond motifs is 6. The van der Waals surface area contributed by atoms with E-state index < -0.39 is 0 Å². The second kappa shape index (κ2) is 8.58. The third kappa shape index (κ3) is 3.72. The monoisotopic (exact) mass is 478 g/mol. The smallest absolute Gasteiger partial charge is 0.107 e. The molecule has 0 amide bonds. The van der Waals surface area contributed by atoms with Crippen LogP contribution in [0, 0.1) is 53.3 Å². The highest BCUT2D eigenvalue weighted by molar-refractivity contribution is 5.75. The molecule has 0 unspecified atom stereocenters. The van der Waals surface area contributed by atoms with Crippen molar-refractivity contribution in [2.45, 2.75) is 104 Å². The molecule has 192 valence electrons. The molecular formula is C31H46N2O2. The number of aliphatic hydroxyl groups is 2. The second-order valence-electron chi connectivity index (χ2n) is 13.6. The lowest BCUT2D eigenvalue weighted by Gasteiger charge is -2.62. The van der Waals surface area contributed by atoms with E-state index in [2.05, 4.69) is 50.9 Å². The van der Waals surface area contributed by atoms with Gasteiger partial charge in [-0.05, 0) is 129 Å². The van der Waals surface area contributed by atoms with Crippen LogP contribution in [0.1, 0.15) is 89.9 Å². The maximum atomic E-state index is 11.8. The maximum absolute atomic E-state index is 11.8. The minimum Gasteiger partial charge on any atom is -0.393 e. The number of imidazole rings is 1. The predicted molar refractivity (Wildman–Crippen MR) is 141 cm³/mol. The third-order valence-corrected chi connectivity index (χ3v) is 12.0. The lowest BCUT2D eigenvalue weighted by Crippen LogP contribution is -2.58. The molecule has 0 aliphatic heterocycles. The number of aromatic nitrogens is 2. The number of aromatic amines is 1. The lowest BCUT2D eigenvalue weighted by molar-refractivity contribution is -0.174. The van der Waals surface area contributed by atoms with E-state index in [0.29, 0.717) is 35.0 Å². The van der Waals surface area contributed by atoms with Crippen LogP contribution in [-0.2, 0) is 6.42 Å². The van der Waals surface area contributed by atoms with Gasteiger partial charge in [-0.15, -0.1) is 0 Å². The van der Waals surface area contributed by atoms with Gasteiger partial charge in [-0.3, -0.25) is 0 Å². The van der Waals surface area contributed by atoms with Gasteiger partial charge < -0.3 is 15.2 Å². The summed E-state index contributed by atoms with van der Waals surface area (Å²) in [7, 11) is 0. The Hall–Kier alpha value is -1.39. The summed E-state index contributed by atoms with van der Waals surface area (Å²) < 4.78 is 0. The number of benzene rings is 1. The van der Waals surface area contributed by atoms with E-state index in [9.17, 15) is 10.2 Å². The van der Waals surface area contributed by atoms with Crippen molar-refractivity contribution in [3.63, 3.8) is 0 Å². The quantitative estimate of drug-likeness (QED) is 0.474. The molecule has 0 spiro atoms. The molecule has 1 aromatic heterocycles. The Morgan fingerprint density at radius 1 is 1.06 bits per heavy atom. The largest absolute Gasteiger partial charge is 0.393 e. The van der Waals surface area contributed by atoms with Crippen molar-refractivity contribution in [3.8, 4) is 0 Å². The SMILES string of the molecule is Cc1ccc2nc(CC[C@@H](C)[C@@H]3CC[C@H]4[C@H]5CC[C@@H]6C[C@@H](O)CC[C@]6(C)[C@@H]5C[C@H](O)[C@@]43C)[nH]c2c1. The van der Waals surface area contributed by atoms with Gasteiger partial charge in [0, 0.05) is 6.42 Å². The number of nitrogens with zero attached hydrogens (tertiary/aromatic N) is 1. The molecule has 0 bridgehead atoms. The Morgan fingerprint density at radius 2 is 1.89 bits per heavy atom. The third-order valence-electron chi connectivity index (χ3n) is 12.0. The standard InChI is InChI=1S/C31H46N2O2/c1-18-5-11-26-27(15-18)33-29(32-26)12-6-19(2)23-9-10-24-22-8-7-20-16-21(34)13-14-30(20,3)25(22)17-28(35)31(23,24)4/h5,11,15,19-25,28,34-35H,6-10,12-14,16-17H2,1-4H3,(H,32,33)/t19-,20-,21+,22-,23+,24+,25-,28+,30+,31-/m1/s1. The number of aliphatic hydroxyl groups excluding tert-OH is 2. The Bertz CT molecular complexity index is 1080. The van der Waals surface area contributed by atoms with E-state index in [-0.39, 0.29) is 17.6 Å². The Labute approximate surface area is 211 Å². The first-order chi connectivity index (χ1) is 16.7. The first-order valence-electron chi connectivity index (χ1n) is 14.5. The zero-order chi connectivity index (χ0) is 24.5. The number of nitrogens with one attached hydrogen (secondary N) is 1. The molecule has 2 aromatic rings. The molecule has 4 aliphatic carbocycles. The van der Waals surface area contributed by atoms with Gasteiger partial charge in [0.25, 0.3) is 0 Å². The molecule has 4 saturated carbocycles. The van der Waals surface area contributed by atoms with Crippen LogP contribution < -0.4 is 0 Å². The average Bonchev–Trinajstić information content (AvgIpc) is 3.40. The van der Waals surface area contributed by atoms with Crippen molar-refractivity contribution in [1.82, 2.24) is 9.97 Å². The molecule has 0 radical (unpaired) electrons. The van der Waals surface area contributed by atoms with Crippen molar-refractivity contribution in [3.05, 3.63) is 29.6 Å². The molecule has 35 heavy (non-hydrogen) atoms. The molecule has 1 heterocycles. The second-order valence-corrected chi connectivity index (χ2v) is 13.6. The summed E-state index contributed by atoms with van der Waals surface area (Å²) in [5.74, 6) is 4.98. The van der Waals surface area contributed by atoms with Crippen molar-refractivity contribution in [2.24, 2.45) is 46.3 Å². The molecule has 3 N–H and O–H groups in total. The molecule has 4 nitrogen and oxygen atoms in total. The van der Waals surface area contributed by atoms with Gasteiger partial charge in [0.1, 0.15) is 5.82 Å². The topological polar surface area (TPSA) is 69.1 Å². The summed E-state index contributed by atoms with van der Waals surface area (Å²) in [6.45, 7) is 9.53. The highest BCUT2D eigenvalue weighted by Crippen LogP contribution is 2.68. The van der Waals surface area contributed by atoms with Gasteiger partial charge in [-0.25, -0.2) is 4.98 Å². The summed E-state index contributed by atoms with van der Waals surface area (Å²) in [5, 5.41) is 22.1. The van der Waals surface area contributed by atoms with Gasteiger partial charge in [0.2, 0.25) is 0 Å². The average molecular weight is 479 g/mol. The van der Waals surface area contributed by atoms with Crippen LogP contribution >= 0.6 is 0 Å². The van der Waals surface area contributed by atoms with Crippen molar-refractivity contribution >= 4 is 11.0 Å². The molecule has 4 heteroatoms. The fraction of sp³-hybridized carbons (Fsp3) is 0.774.